The van der Waals surface area contributed by atoms with Crippen LogP contribution in [0.1, 0.15) is 32.2 Å². The van der Waals surface area contributed by atoms with Gasteiger partial charge in [0.1, 0.15) is 5.76 Å². The molecule has 0 saturated heterocycles. The van der Waals surface area contributed by atoms with Crippen LogP contribution in [-0.4, -0.2) is 16.7 Å². The molecule has 0 unspecified atom stereocenters. The van der Waals surface area contributed by atoms with Gasteiger partial charge in [0.25, 0.3) is 5.91 Å². The Balaban J connectivity index is 1.55. The quantitative estimate of drug-likeness (QED) is 0.477. The molecule has 6 heteroatoms. The number of aromatic nitrogens is 1. The maximum absolute atomic E-state index is 12.7. The summed E-state index contributed by atoms with van der Waals surface area (Å²) in [7, 11) is 0. The molecule has 2 heterocycles. The fourth-order valence-electron chi connectivity index (χ4n) is 2.80. The van der Waals surface area contributed by atoms with Crippen molar-refractivity contribution < 1.29 is 14.0 Å². The van der Waals surface area contributed by atoms with Crippen LogP contribution in [0.4, 0.5) is 5.69 Å². The van der Waals surface area contributed by atoms with Gasteiger partial charge in [0, 0.05) is 16.8 Å². The van der Waals surface area contributed by atoms with Crippen LogP contribution < -0.4 is 5.32 Å². The van der Waals surface area contributed by atoms with E-state index in [0.29, 0.717) is 28.5 Å². The van der Waals surface area contributed by atoms with Crippen molar-refractivity contribution in [3.8, 4) is 10.8 Å². The molecule has 0 radical (unpaired) electrons. The third kappa shape index (κ3) is 3.63. The van der Waals surface area contributed by atoms with Crippen LogP contribution in [0.5, 0.6) is 0 Å². The van der Waals surface area contributed by atoms with Crippen LogP contribution >= 0.6 is 11.3 Å². The smallest absolute Gasteiger partial charge is 0.277 e. The standard InChI is InChI=1S/C22H16N2O3S/c1-14-19(24-22(27-14)18-11-6-12-28-18)21(26)23-17-10-5-9-16(13-17)20(25)15-7-3-2-4-8-15/h2-13H,1H3,(H,23,26). The fourth-order valence-corrected chi connectivity index (χ4v) is 3.45. The number of ketones is 1. The second kappa shape index (κ2) is 7.62. The summed E-state index contributed by atoms with van der Waals surface area (Å²) in [5, 5.41) is 4.71. The highest BCUT2D eigenvalue weighted by molar-refractivity contribution is 7.13. The Morgan fingerprint density at radius 1 is 0.964 bits per heavy atom. The zero-order chi connectivity index (χ0) is 19.5. The average Bonchev–Trinajstić information content (AvgIpc) is 3.38. The first-order chi connectivity index (χ1) is 13.6. The average molecular weight is 388 g/mol. The lowest BCUT2D eigenvalue weighted by molar-refractivity contribution is 0.101. The number of hydrogen-bond donors (Lipinski definition) is 1. The Morgan fingerprint density at radius 3 is 2.50 bits per heavy atom. The SMILES string of the molecule is Cc1oc(-c2cccs2)nc1C(=O)Nc1cccc(C(=O)c2ccccc2)c1. The van der Waals surface area contributed by atoms with E-state index in [1.165, 1.54) is 11.3 Å². The number of carbonyl (C=O) groups excluding carboxylic acids is 2. The van der Waals surface area contributed by atoms with Gasteiger partial charge in [-0.1, -0.05) is 48.5 Å². The van der Waals surface area contributed by atoms with Gasteiger partial charge in [0.05, 0.1) is 4.88 Å². The number of rotatable bonds is 5. The summed E-state index contributed by atoms with van der Waals surface area (Å²) in [6.45, 7) is 1.70. The third-order valence-corrected chi connectivity index (χ3v) is 5.02. The second-order valence-electron chi connectivity index (χ2n) is 6.13. The van der Waals surface area contributed by atoms with E-state index in [9.17, 15) is 9.59 Å². The van der Waals surface area contributed by atoms with E-state index in [1.54, 1.807) is 43.3 Å². The molecule has 0 spiro atoms. The number of thiophene rings is 1. The molecule has 28 heavy (non-hydrogen) atoms. The maximum atomic E-state index is 12.7. The molecule has 0 aliphatic carbocycles. The molecule has 1 N–H and O–H groups in total. The zero-order valence-corrected chi connectivity index (χ0v) is 15.8. The number of oxazole rings is 1. The molecule has 0 saturated carbocycles. The Hall–Kier alpha value is -3.51. The van der Waals surface area contributed by atoms with Gasteiger partial charge in [-0.05, 0) is 30.5 Å². The summed E-state index contributed by atoms with van der Waals surface area (Å²) >= 11 is 1.49. The molecule has 0 fully saturated rings. The van der Waals surface area contributed by atoms with E-state index in [4.69, 9.17) is 4.42 Å². The van der Waals surface area contributed by atoms with Crippen LogP contribution in [0, 0.1) is 6.92 Å². The Morgan fingerprint density at radius 2 is 1.75 bits per heavy atom. The first kappa shape index (κ1) is 17.9. The molecule has 2 aromatic heterocycles. The summed E-state index contributed by atoms with van der Waals surface area (Å²) in [5.41, 5.74) is 1.84. The van der Waals surface area contributed by atoms with Gasteiger partial charge >= 0.3 is 0 Å². The molecule has 4 rings (SSSR count). The van der Waals surface area contributed by atoms with E-state index >= 15 is 0 Å². The molecule has 4 aromatic rings. The molecule has 0 aliphatic rings. The normalized spacial score (nSPS) is 10.6. The van der Waals surface area contributed by atoms with E-state index in [1.807, 2.05) is 35.7 Å². The first-order valence-electron chi connectivity index (χ1n) is 8.64. The number of benzene rings is 2. The molecule has 138 valence electrons. The summed E-state index contributed by atoms with van der Waals surface area (Å²) in [6, 6.07) is 19.6. The largest absolute Gasteiger partial charge is 0.440 e. The summed E-state index contributed by atoms with van der Waals surface area (Å²) in [4.78, 5) is 30.4. The van der Waals surface area contributed by atoms with Crippen molar-refractivity contribution in [2.45, 2.75) is 6.92 Å². The lowest BCUT2D eigenvalue weighted by Gasteiger charge is -2.06. The fraction of sp³-hybridized carbons (Fsp3) is 0.0455. The van der Waals surface area contributed by atoms with Crippen LogP contribution in [0.25, 0.3) is 10.8 Å². The number of amides is 1. The minimum atomic E-state index is -0.381. The van der Waals surface area contributed by atoms with Gasteiger partial charge in [-0.25, -0.2) is 4.98 Å². The minimum Gasteiger partial charge on any atom is -0.440 e. The van der Waals surface area contributed by atoms with Crippen molar-refractivity contribution in [1.82, 2.24) is 4.98 Å². The maximum Gasteiger partial charge on any atom is 0.277 e. The first-order valence-corrected chi connectivity index (χ1v) is 9.52. The summed E-state index contributed by atoms with van der Waals surface area (Å²) < 4.78 is 5.62. The third-order valence-electron chi connectivity index (χ3n) is 4.16. The molecular weight excluding hydrogens is 372 g/mol. The molecule has 1 amide bonds. The number of anilines is 1. The lowest BCUT2D eigenvalue weighted by Crippen LogP contribution is -2.14. The van der Waals surface area contributed by atoms with Gasteiger partial charge in [-0.2, -0.15) is 0 Å². The molecule has 0 bridgehead atoms. The van der Waals surface area contributed by atoms with E-state index in [0.717, 1.165) is 4.88 Å². The molecular formula is C22H16N2O3S. The lowest BCUT2D eigenvalue weighted by atomic mass is 10.0. The molecule has 5 nitrogen and oxygen atoms in total. The van der Waals surface area contributed by atoms with Crippen LogP contribution in [-0.2, 0) is 0 Å². The van der Waals surface area contributed by atoms with E-state index in [-0.39, 0.29) is 17.4 Å². The Bertz CT molecular complexity index is 1130. The predicted molar refractivity (Wildman–Crippen MR) is 109 cm³/mol. The van der Waals surface area contributed by atoms with Crippen molar-refractivity contribution in [3.63, 3.8) is 0 Å². The minimum absolute atomic E-state index is 0.103. The van der Waals surface area contributed by atoms with Crippen LogP contribution in [0.15, 0.2) is 76.5 Å². The van der Waals surface area contributed by atoms with Gasteiger partial charge in [0.2, 0.25) is 5.89 Å². The second-order valence-corrected chi connectivity index (χ2v) is 7.08. The monoisotopic (exact) mass is 388 g/mol. The topological polar surface area (TPSA) is 72.2 Å². The number of hydrogen-bond acceptors (Lipinski definition) is 5. The van der Waals surface area contributed by atoms with Crippen molar-refractivity contribution >= 4 is 28.7 Å². The van der Waals surface area contributed by atoms with E-state index < -0.39 is 0 Å². The van der Waals surface area contributed by atoms with Gasteiger partial charge in [-0.15, -0.1) is 11.3 Å². The van der Waals surface area contributed by atoms with Crippen molar-refractivity contribution in [3.05, 3.63) is 94.7 Å². The zero-order valence-electron chi connectivity index (χ0n) is 15.0. The number of nitrogens with zero attached hydrogens (tertiary/aromatic N) is 1. The number of aryl methyl sites for hydroxylation is 1. The summed E-state index contributed by atoms with van der Waals surface area (Å²) in [5.74, 6) is 0.380. The van der Waals surface area contributed by atoms with Crippen LogP contribution in [0.3, 0.4) is 0 Å². The van der Waals surface area contributed by atoms with Crippen LogP contribution in [0.2, 0.25) is 0 Å². The van der Waals surface area contributed by atoms with Crippen molar-refractivity contribution in [2.24, 2.45) is 0 Å². The Labute approximate surface area is 165 Å². The molecule has 0 atom stereocenters. The molecule has 0 aliphatic heterocycles. The Kier molecular flexibility index (Phi) is 4.87. The van der Waals surface area contributed by atoms with Crippen molar-refractivity contribution in [1.29, 1.82) is 0 Å². The summed E-state index contributed by atoms with van der Waals surface area (Å²) in [6.07, 6.45) is 0. The highest BCUT2D eigenvalue weighted by atomic mass is 32.1. The number of nitrogens with one attached hydrogen (secondary N) is 1. The number of carbonyl (C=O) groups is 2. The highest BCUT2D eigenvalue weighted by Crippen LogP contribution is 2.26. The predicted octanol–water partition coefficient (Wildman–Crippen LogP) is 5.19. The highest BCUT2D eigenvalue weighted by Gasteiger charge is 2.19. The van der Waals surface area contributed by atoms with Gasteiger partial charge < -0.3 is 9.73 Å². The van der Waals surface area contributed by atoms with E-state index in [2.05, 4.69) is 10.3 Å². The molecule has 2 aromatic carbocycles. The van der Waals surface area contributed by atoms with Gasteiger partial charge in [0.15, 0.2) is 11.5 Å². The van der Waals surface area contributed by atoms with Crippen molar-refractivity contribution in [2.75, 3.05) is 5.32 Å². The van der Waals surface area contributed by atoms with Gasteiger partial charge in [-0.3, -0.25) is 9.59 Å².